The molecule has 16 heavy (non-hydrogen) atoms. The second kappa shape index (κ2) is 4.07. The SMILES string of the molecule is CCC1CCN(c2nc(C3CC3)no2)CC1. The van der Waals surface area contributed by atoms with Crippen molar-refractivity contribution in [1.29, 1.82) is 0 Å². The van der Waals surface area contributed by atoms with Gasteiger partial charge in [0.2, 0.25) is 0 Å². The molecule has 0 bridgehead atoms. The molecule has 3 rings (SSSR count). The second-order valence-corrected chi connectivity index (χ2v) is 5.05. The van der Waals surface area contributed by atoms with E-state index in [2.05, 4.69) is 22.0 Å². The zero-order valence-electron chi connectivity index (χ0n) is 9.85. The lowest BCUT2D eigenvalue weighted by Crippen LogP contribution is -2.33. The summed E-state index contributed by atoms with van der Waals surface area (Å²) < 4.78 is 5.34. The summed E-state index contributed by atoms with van der Waals surface area (Å²) in [6.45, 7) is 4.42. The monoisotopic (exact) mass is 221 g/mol. The van der Waals surface area contributed by atoms with Crippen LogP contribution in [-0.2, 0) is 0 Å². The Labute approximate surface area is 96.0 Å². The molecule has 1 aliphatic carbocycles. The fourth-order valence-corrected chi connectivity index (χ4v) is 2.39. The average Bonchev–Trinajstić information content (AvgIpc) is 3.08. The van der Waals surface area contributed by atoms with Crippen molar-refractivity contribution < 1.29 is 4.52 Å². The molecule has 0 spiro atoms. The Morgan fingerprint density at radius 2 is 2.00 bits per heavy atom. The third-order valence-electron chi connectivity index (χ3n) is 3.84. The van der Waals surface area contributed by atoms with Crippen molar-refractivity contribution in [1.82, 2.24) is 10.1 Å². The van der Waals surface area contributed by atoms with Crippen molar-refractivity contribution in [3.8, 4) is 0 Å². The molecule has 2 aliphatic rings. The molecule has 4 heteroatoms. The third kappa shape index (κ3) is 1.93. The second-order valence-electron chi connectivity index (χ2n) is 5.05. The van der Waals surface area contributed by atoms with Crippen LogP contribution in [0.1, 0.15) is 50.8 Å². The van der Waals surface area contributed by atoms with Gasteiger partial charge in [0.25, 0.3) is 0 Å². The van der Waals surface area contributed by atoms with Crippen LogP contribution in [0.2, 0.25) is 0 Å². The standard InChI is InChI=1S/C12H19N3O/c1-2-9-5-7-15(8-6-9)12-13-11(14-16-12)10-3-4-10/h9-10H,2-8H2,1H3. The number of piperidine rings is 1. The molecular formula is C12H19N3O. The third-order valence-corrected chi connectivity index (χ3v) is 3.84. The first kappa shape index (κ1) is 10.1. The van der Waals surface area contributed by atoms with Crippen LogP contribution < -0.4 is 4.90 Å². The van der Waals surface area contributed by atoms with Gasteiger partial charge in [-0.2, -0.15) is 4.98 Å². The van der Waals surface area contributed by atoms with Gasteiger partial charge in [-0.1, -0.05) is 18.5 Å². The predicted molar refractivity (Wildman–Crippen MR) is 61.5 cm³/mol. The maximum atomic E-state index is 5.34. The highest BCUT2D eigenvalue weighted by Gasteiger charge is 2.30. The Balaban J connectivity index is 1.63. The van der Waals surface area contributed by atoms with E-state index < -0.39 is 0 Å². The quantitative estimate of drug-likeness (QED) is 0.786. The summed E-state index contributed by atoms with van der Waals surface area (Å²) in [5, 5.41) is 4.06. The molecule has 1 saturated heterocycles. The molecule has 1 saturated carbocycles. The van der Waals surface area contributed by atoms with Gasteiger partial charge in [0, 0.05) is 19.0 Å². The van der Waals surface area contributed by atoms with Crippen LogP contribution in [-0.4, -0.2) is 23.2 Å². The van der Waals surface area contributed by atoms with Gasteiger partial charge < -0.3 is 9.42 Å². The molecule has 2 heterocycles. The summed E-state index contributed by atoms with van der Waals surface area (Å²) in [5.41, 5.74) is 0. The number of anilines is 1. The molecule has 0 unspecified atom stereocenters. The molecule has 2 fully saturated rings. The van der Waals surface area contributed by atoms with Crippen LogP contribution in [0.3, 0.4) is 0 Å². The molecule has 0 N–H and O–H groups in total. The molecule has 4 nitrogen and oxygen atoms in total. The lowest BCUT2D eigenvalue weighted by Gasteiger charge is -2.29. The van der Waals surface area contributed by atoms with Crippen molar-refractivity contribution in [2.45, 2.75) is 44.9 Å². The zero-order valence-corrected chi connectivity index (χ0v) is 9.85. The minimum Gasteiger partial charge on any atom is -0.324 e. The zero-order chi connectivity index (χ0) is 11.0. The average molecular weight is 221 g/mol. The first-order valence-electron chi connectivity index (χ1n) is 6.45. The molecule has 1 aromatic heterocycles. The Morgan fingerprint density at radius 3 is 2.62 bits per heavy atom. The van der Waals surface area contributed by atoms with E-state index in [1.165, 1.54) is 32.1 Å². The molecule has 0 amide bonds. The normalized spacial score (nSPS) is 22.7. The highest BCUT2D eigenvalue weighted by atomic mass is 16.5. The van der Waals surface area contributed by atoms with Gasteiger partial charge in [0.1, 0.15) is 0 Å². The number of hydrogen-bond acceptors (Lipinski definition) is 4. The minimum absolute atomic E-state index is 0.589. The Hall–Kier alpha value is -1.06. The van der Waals surface area contributed by atoms with Crippen LogP contribution >= 0.6 is 0 Å². The van der Waals surface area contributed by atoms with Crippen molar-refractivity contribution in [2.24, 2.45) is 5.92 Å². The first-order chi connectivity index (χ1) is 7.86. The van der Waals surface area contributed by atoms with E-state index in [9.17, 15) is 0 Å². The number of nitrogens with zero attached hydrogens (tertiary/aromatic N) is 3. The Kier molecular flexibility index (Phi) is 2.58. The molecular weight excluding hydrogens is 202 g/mol. The van der Waals surface area contributed by atoms with Gasteiger partial charge in [0.05, 0.1) is 0 Å². The van der Waals surface area contributed by atoms with Gasteiger partial charge in [-0.15, -0.1) is 0 Å². The van der Waals surface area contributed by atoms with Crippen LogP contribution in [0.5, 0.6) is 0 Å². The van der Waals surface area contributed by atoms with E-state index >= 15 is 0 Å². The van der Waals surface area contributed by atoms with Gasteiger partial charge in [0.15, 0.2) is 5.82 Å². The van der Waals surface area contributed by atoms with E-state index in [0.29, 0.717) is 5.92 Å². The number of rotatable bonds is 3. The summed E-state index contributed by atoms with van der Waals surface area (Å²) in [5.74, 6) is 2.40. The maximum Gasteiger partial charge on any atom is 0.324 e. The number of hydrogen-bond donors (Lipinski definition) is 0. The van der Waals surface area contributed by atoms with E-state index in [1.54, 1.807) is 0 Å². The van der Waals surface area contributed by atoms with Gasteiger partial charge >= 0.3 is 6.01 Å². The Morgan fingerprint density at radius 1 is 1.25 bits per heavy atom. The summed E-state index contributed by atoms with van der Waals surface area (Å²) in [7, 11) is 0. The lowest BCUT2D eigenvalue weighted by molar-refractivity contribution is 0.356. The lowest BCUT2D eigenvalue weighted by atomic mass is 9.95. The number of aromatic nitrogens is 2. The fourth-order valence-electron chi connectivity index (χ4n) is 2.39. The summed E-state index contributed by atoms with van der Waals surface area (Å²) in [6, 6.07) is 0.747. The van der Waals surface area contributed by atoms with E-state index in [-0.39, 0.29) is 0 Å². The van der Waals surface area contributed by atoms with Gasteiger partial charge in [-0.25, -0.2) is 0 Å². The van der Waals surface area contributed by atoms with Crippen LogP contribution in [0.15, 0.2) is 4.52 Å². The largest absolute Gasteiger partial charge is 0.324 e. The molecule has 88 valence electrons. The van der Waals surface area contributed by atoms with Crippen LogP contribution in [0, 0.1) is 5.92 Å². The van der Waals surface area contributed by atoms with Crippen molar-refractivity contribution in [2.75, 3.05) is 18.0 Å². The van der Waals surface area contributed by atoms with E-state index in [4.69, 9.17) is 4.52 Å². The van der Waals surface area contributed by atoms with Crippen LogP contribution in [0.4, 0.5) is 6.01 Å². The maximum absolute atomic E-state index is 5.34. The van der Waals surface area contributed by atoms with Crippen LogP contribution in [0.25, 0.3) is 0 Å². The first-order valence-corrected chi connectivity index (χ1v) is 6.45. The summed E-state index contributed by atoms with van der Waals surface area (Å²) >= 11 is 0. The molecule has 0 atom stereocenters. The van der Waals surface area contributed by atoms with Crippen molar-refractivity contribution in [3.63, 3.8) is 0 Å². The van der Waals surface area contributed by atoms with Gasteiger partial charge in [-0.05, 0) is 31.6 Å². The predicted octanol–water partition coefficient (Wildman–Crippen LogP) is 2.57. The highest BCUT2D eigenvalue weighted by molar-refractivity contribution is 5.26. The summed E-state index contributed by atoms with van der Waals surface area (Å²) in [6.07, 6.45) is 6.29. The highest BCUT2D eigenvalue weighted by Crippen LogP contribution is 2.39. The topological polar surface area (TPSA) is 42.2 Å². The molecule has 1 aliphatic heterocycles. The van der Waals surface area contributed by atoms with Gasteiger partial charge in [-0.3, -0.25) is 0 Å². The van der Waals surface area contributed by atoms with Crippen molar-refractivity contribution >= 4 is 6.01 Å². The molecule has 1 aromatic rings. The van der Waals surface area contributed by atoms with E-state index in [0.717, 1.165) is 30.8 Å². The Bertz CT molecular complexity index is 351. The molecule has 0 radical (unpaired) electrons. The summed E-state index contributed by atoms with van der Waals surface area (Å²) in [4.78, 5) is 6.74. The fraction of sp³-hybridized carbons (Fsp3) is 0.833. The van der Waals surface area contributed by atoms with Crippen molar-refractivity contribution in [3.05, 3.63) is 5.82 Å². The van der Waals surface area contributed by atoms with E-state index in [1.807, 2.05) is 0 Å². The smallest absolute Gasteiger partial charge is 0.324 e. The minimum atomic E-state index is 0.589. The molecule has 0 aromatic carbocycles.